The highest BCUT2D eigenvalue weighted by Gasteiger charge is 2.13. The Bertz CT molecular complexity index is 842. The van der Waals surface area contributed by atoms with Crippen molar-refractivity contribution in [2.24, 2.45) is 0 Å². The first-order valence-corrected chi connectivity index (χ1v) is 8.52. The van der Waals surface area contributed by atoms with Gasteiger partial charge in [0.1, 0.15) is 11.1 Å². The zero-order chi connectivity index (χ0) is 16.2. The van der Waals surface area contributed by atoms with Crippen LogP contribution in [0.2, 0.25) is 0 Å². The van der Waals surface area contributed by atoms with E-state index >= 15 is 0 Å². The van der Waals surface area contributed by atoms with E-state index in [0.717, 1.165) is 6.26 Å². The molecule has 0 spiro atoms. The fourth-order valence-corrected chi connectivity index (χ4v) is 2.38. The molecule has 0 radical (unpaired) electrons. The molecule has 0 aliphatic carbocycles. The molecule has 7 nitrogen and oxygen atoms in total. The normalized spacial score (nSPS) is 11.5. The second kappa shape index (κ2) is 6.71. The lowest BCUT2D eigenvalue weighted by molar-refractivity contribution is 0.0950. The summed E-state index contributed by atoms with van der Waals surface area (Å²) in [4.78, 5) is 23.7. The Labute approximate surface area is 127 Å². The van der Waals surface area contributed by atoms with Gasteiger partial charge in [-0.15, -0.1) is 0 Å². The summed E-state index contributed by atoms with van der Waals surface area (Å²) >= 11 is 0. The van der Waals surface area contributed by atoms with Gasteiger partial charge in [0.25, 0.3) is 5.91 Å². The van der Waals surface area contributed by atoms with Crippen molar-refractivity contribution in [2.75, 3.05) is 19.3 Å². The molecule has 2 rings (SSSR count). The third-order valence-electron chi connectivity index (χ3n) is 2.89. The van der Waals surface area contributed by atoms with Gasteiger partial charge in [0.15, 0.2) is 0 Å². The molecule has 8 heteroatoms. The lowest BCUT2D eigenvalue weighted by Gasteiger charge is -2.05. The van der Waals surface area contributed by atoms with Crippen molar-refractivity contribution in [1.82, 2.24) is 10.0 Å². The Kier molecular flexibility index (Phi) is 4.94. The SMILES string of the molecule is CS(=O)(=O)NCCCNC(=O)c1cc2ccccc2oc1=O. The molecule has 1 aromatic heterocycles. The summed E-state index contributed by atoms with van der Waals surface area (Å²) in [5.41, 5.74) is -0.360. The molecule has 0 saturated heterocycles. The first-order valence-electron chi connectivity index (χ1n) is 6.62. The van der Waals surface area contributed by atoms with Crippen LogP contribution in [0.3, 0.4) is 0 Å². The van der Waals surface area contributed by atoms with E-state index in [9.17, 15) is 18.0 Å². The highest BCUT2D eigenvalue weighted by Crippen LogP contribution is 2.12. The summed E-state index contributed by atoms with van der Waals surface area (Å²) in [6.07, 6.45) is 1.48. The minimum absolute atomic E-state index is 0.0743. The number of benzene rings is 1. The van der Waals surface area contributed by atoms with Gasteiger partial charge in [-0.05, 0) is 18.6 Å². The van der Waals surface area contributed by atoms with E-state index in [1.54, 1.807) is 24.3 Å². The molecule has 1 heterocycles. The molecular formula is C14H16N2O5S. The van der Waals surface area contributed by atoms with Gasteiger partial charge in [-0.1, -0.05) is 18.2 Å². The number of nitrogens with one attached hydrogen (secondary N) is 2. The van der Waals surface area contributed by atoms with E-state index in [4.69, 9.17) is 4.42 Å². The van der Waals surface area contributed by atoms with Crippen molar-refractivity contribution in [1.29, 1.82) is 0 Å². The van der Waals surface area contributed by atoms with Gasteiger partial charge < -0.3 is 9.73 Å². The van der Waals surface area contributed by atoms with Crippen LogP contribution >= 0.6 is 0 Å². The van der Waals surface area contributed by atoms with Crippen molar-refractivity contribution >= 4 is 26.9 Å². The Morgan fingerprint density at radius 2 is 1.95 bits per heavy atom. The molecule has 0 fully saturated rings. The maximum atomic E-state index is 12.0. The minimum Gasteiger partial charge on any atom is -0.422 e. The molecule has 2 N–H and O–H groups in total. The third-order valence-corrected chi connectivity index (χ3v) is 3.62. The van der Waals surface area contributed by atoms with Crippen molar-refractivity contribution < 1.29 is 17.6 Å². The number of para-hydroxylation sites is 1. The van der Waals surface area contributed by atoms with Crippen LogP contribution in [0.4, 0.5) is 0 Å². The van der Waals surface area contributed by atoms with Crippen molar-refractivity contribution in [3.05, 3.63) is 46.3 Å². The average Bonchev–Trinajstić information content (AvgIpc) is 2.44. The highest BCUT2D eigenvalue weighted by atomic mass is 32.2. The number of hydrogen-bond donors (Lipinski definition) is 2. The van der Waals surface area contributed by atoms with E-state index in [1.807, 2.05) is 0 Å². The van der Waals surface area contributed by atoms with Gasteiger partial charge in [0.2, 0.25) is 10.0 Å². The Hall–Kier alpha value is -2.19. The van der Waals surface area contributed by atoms with E-state index in [1.165, 1.54) is 6.07 Å². The largest absolute Gasteiger partial charge is 0.422 e. The fourth-order valence-electron chi connectivity index (χ4n) is 1.86. The zero-order valence-electron chi connectivity index (χ0n) is 12.0. The van der Waals surface area contributed by atoms with Crippen molar-refractivity contribution in [3.8, 4) is 0 Å². The van der Waals surface area contributed by atoms with Crippen LogP contribution < -0.4 is 15.7 Å². The molecule has 1 amide bonds. The number of hydrogen-bond acceptors (Lipinski definition) is 5. The first-order chi connectivity index (χ1) is 10.4. The Balaban J connectivity index is 1.98. The molecule has 0 aliphatic heterocycles. The van der Waals surface area contributed by atoms with Crippen molar-refractivity contribution in [2.45, 2.75) is 6.42 Å². The molecule has 118 valence electrons. The quantitative estimate of drug-likeness (QED) is 0.593. The van der Waals surface area contributed by atoms with E-state index < -0.39 is 21.6 Å². The maximum absolute atomic E-state index is 12.0. The topological polar surface area (TPSA) is 105 Å². The molecule has 0 bridgehead atoms. The summed E-state index contributed by atoms with van der Waals surface area (Å²) in [5.74, 6) is -0.543. The van der Waals surface area contributed by atoms with Gasteiger partial charge in [-0.2, -0.15) is 0 Å². The predicted molar refractivity (Wildman–Crippen MR) is 82.3 cm³/mol. The fraction of sp³-hybridized carbons (Fsp3) is 0.286. The molecule has 0 aliphatic rings. The molecular weight excluding hydrogens is 308 g/mol. The summed E-state index contributed by atoms with van der Waals surface area (Å²) in [5, 5.41) is 3.22. The van der Waals surface area contributed by atoms with Gasteiger partial charge in [0.05, 0.1) is 6.26 Å². The summed E-state index contributed by atoms with van der Waals surface area (Å²) in [6, 6.07) is 8.38. The smallest absolute Gasteiger partial charge is 0.349 e. The average molecular weight is 324 g/mol. The predicted octanol–water partition coefficient (Wildman–Crippen LogP) is 0.462. The first kappa shape index (κ1) is 16.2. The molecule has 0 atom stereocenters. The van der Waals surface area contributed by atoms with Crippen LogP contribution in [0.25, 0.3) is 11.0 Å². The minimum atomic E-state index is -3.24. The molecule has 0 unspecified atom stereocenters. The van der Waals surface area contributed by atoms with Crippen LogP contribution in [0.1, 0.15) is 16.8 Å². The summed E-state index contributed by atoms with van der Waals surface area (Å²) < 4.78 is 29.1. The van der Waals surface area contributed by atoms with Gasteiger partial charge in [0, 0.05) is 18.5 Å². The molecule has 1 aromatic carbocycles. The molecule has 22 heavy (non-hydrogen) atoms. The van der Waals surface area contributed by atoms with Crippen LogP contribution in [0.15, 0.2) is 39.5 Å². The Morgan fingerprint density at radius 3 is 2.68 bits per heavy atom. The second-order valence-corrected chi connectivity index (χ2v) is 6.59. The van der Waals surface area contributed by atoms with Crippen LogP contribution in [-0.4, -0.2) is 33.7 Å². The standard InChI is InChI=1S/C14H16N2O5S/c1-22(19,20)16-8-4-7-15-13(17)11-9-10-5-2-3-6-12(10)21-14(11)18/h2-3,5-6,9,16H,4,7-8H2,1H3,(H,15,17). The third kappa shape index (κ3) is 4.40. The number of carbonyl (C=O) groups excluding carboxylic acids is 1. The van der Waals surface area contributed by atoms with E-state index in [2.05, 4.69) is 10.0 Å². The van der Waals surface area contributed by atoms with Gasteiger partial charge >= 0.3 is 5.63 Å². The Morgan fingerprint density at radius 1 is 1.23 bits per heavy atom. The number of rotatable bonds is 6. The van der Waals surface area contributed by atoms with E-state index in [-0.39, 0.29) is 18.7 Å². The van der Waals surface area contributed by atoms with Gasteiger partial charge in [-0.3, -0.25) is 4.79 Å². The van der Waals surface area contributed by atoms with E-state index in [0.29, 0.717) is 17.4 Å². The van der Waals surface area contributed by atoms with Gasteiger partial charge in [-0.25, -0.2) is 17.9 Å². The number of sulfonamides is 1. The second-order valence-electron chi connectivity index (χ2n) is 4.76. The maximum Gasteiger partial charge on any atom is 0.349 e. The lowest BCUT2D eigenvalue weighted by Crippen LogP contribution is -2.31. The van der Waals surface area contributed by atoms with Crippen LogP contribution in [0, 0.1) is 0 Å². The lowest BCUT2D eigenvalue weighted by atomic mass is 10.2. The number of fused-ring (bicyclic) bond motifs is 1. The molecule has 2 aromatic rings. The monoisotopic (exact) mass is 324 g/mol. The van der Waals surface area contributed by atoms with Crippen molar-refractivity contribution in [3.63, 3.8) is 0 Å². The molecule has 0 saturated carbocycles. The summed E-state index contributed by atoms with van der Waals surface area (Å²) in [6.45, 7) is 0.457. The van der Waals surface area contributed by atoms with Crippen LogP contribution in [0.5, 0.6) is 0 Å². The highest BCUT2D eigenvalue weighted by molar-refractivity contribution is 7.88. The number of carbonyl (C=O) groups is 1. The van der Waals surface area contributed by atoms with Crippen LogP contribution in [-0.2, 0) is 10.0 Å². The zero-order valence-corrected chi connectivity index (χ0v) is 12.8. The number of amides is 1. The summed E-state index contributed by atoms with van der Waals surface area (Å²) in [7, 11) is -3.24.